The number of methoxy groups -OCH3 is 1. The van der Waals surface area contributed by atoms with Crippen LogP contribution in [0.4, 0.5) is 5.69 Å². The molecule has 1 aliphatic rings. The number of nitrogens with zero attached hydrogens (tertiary/aromatic N) is 1. The number of benzene rings is 2. The first-order valence-corrected chi connectivity index (χ1v) is 10.1. The van der Waals surface area contributed by atoms with Gasteiger partial charge in [-0.2, -0.15) is 0 Å². The Morgan fingerprint density at radius 3 is 2.68 bits per heavy atom. The first-order chi connectivity index (χ1) is 15.1. The third-order valence-electron chi connectivity index (χ3n) is 5.25. The summed E-state index contributed by atoms with van der Waals surface area (Å²) in [4.78, 5) is 11.5. The zero-order chi connectivity index (χ0) is 22.2. The van der Waals surface area contributed by atoms with Gasteiger partial charge in [-0.15, -0.1) is 0 Å². The summed E-state index contributed by atoms with van der Waals surface area (Å²) in [5.41, 5.74) is 7.22. The summed E-state index contributed by atoms with van der Waals surface area (Å²) in [7, 11) is 1.59. The average molecular weight is 421 g/mol. The topological polar surface area (TPSA) is 71.0 Å². The standard InChI is InChI=1S/C25H28N2O4/c1-4-5-11-22-18(2)12-20(15-28)21-13-24(30-3)25(14-23(21)27(22)26-17-29)31-16-19-9-7-6-8-10-19/h4-11,13-14,17,20,28H,1,12,15-16H2,2-3H3,(H,26,29)/b11-5-. The van der Waals surface area contributed by atoms with Crippen molar-refractivity contribution in [3.05, 3.63) is 89.7 Å². The van der Waals surface area contributed by atoms with Gasteiger partial charge in [0.05, 0.1) is 25.1 Å². The quantitative estimate of drug-likeness (QED) is 0.469. The van der Waals surface area contributed by atoms with Crippen molar-refractivity contribution < 1.29 is 19.4 Å². The van der Waals surface area contributed by atoms with Gasteiger partial charge >= 0.3 is 0 Å². The summed E-state index contributed by atoms with van der Waals surface area (Å²) in [6, 6.07) is 13.6. The molecular weight excluding hydrogens is 392 g/mol. The van der Waals surface area contributed by atoms with Gasteiger partial charge in [0.1, 0.15) is 6.61 Å². The first-order valence-electron chi connectivity index (χ1n) is 10.1. The van der Waals surface area contributed by atoms with E-state index in [0.29, 0.717) is 30.9 Å². The van der Waals surface area contributed by atoms with Crippen LogP contribution in [0.3, 0.4) is 0 Å². The molecule has 0 radical (unpaired) electrons. The van der Waals surface area contributed by atoms with E-state index in [2.05, 4.69) is 12.0 Å². The van der Waals surface area contributed by atoms with Crippen LogP contribution in [-0.2, 0) is 11.4 Å². The highest BCUT2D eigenvalue weighted by molar-refractivity contribution is 5.70. The Balaban J connectivity index is 2.10. The number of amides is 1. The van der Waals surface area contributed by atoms with Crippen LogP contribution in [0, 0.1) is 0 Å². The molecule has 1 aliphatic heterocycles. The fourth-order valence-electron chi connectivity index (χ4n) is 3.73. The molecule has 0 fully saturated rings. The Morgan fingerprint density at radius 1 is 1.26 bits per heavy atom. The maximum atomic E-state index is 11.5. The summed E-state index contributed by atoms with van der Waals surface area (Å²) < 4.78 is 11.7. The van der Waals surface area contributed by atoms with Gasteiger partial charge < -0.3 is 14.6 Å². The summed E-state index contributed by atoms with van der Waals surface area (Å²) >= 11 is 0. The maximum Gasteiger partial charge on any atom is 0.226 e. The smallest absolute Gasteiger partial charge is 0.226 e. The third kappa shape index (κ3) is 4.98. The zero-order valence-electron chi connectivity index (χ0n) is 17.9. The SMILES string of the molecule is C=C/C=C\C1=C(C)CC(CO)c2cc(OC)c(OCc3ccccc3)cc2N1NC=O. The van der Waals surface area contributed by atoms with E-state index in [4.69, 9.17) is 9.47 Å². The lowest BCUT2D eigenvalue weighted by Gasteiger charge is -2.27. The minimum absolute atomic E-state index is 0.0366. The molecule has 0 spiro atoms. The number of ether oxygens (including phenoxy) is 2. The second-order valence-electron chi connectivity index (χ2n) is 7.26. The lowest BCUT2D eigenvalue weighted by Crippen LogP contribution is -2.36. The van der Waals surface area contributed by atoms with Gasteiger partial charge in [0, 0.05) is 12.0 Å². The lowest BCUT2D eigenvalue weighted by molar-refractivity contribution is -0.109. The molecule has 2 N–H and O–H groups in total. The molecule has 1 unspecified atom stereocenters. The van der Waals surface area contributed by atoms with Crippen LogP contribution < -0.4 is 19.9 Å². The Bertz CT molecular complexity index is 983. The van der Waals surface area contributed by atoms with Crippen molar-refractivity contribution in [2.24, 2.45) is 0 Å². The van der Waals surface area contributed by atoms with Gasteiger partial charge in [0.15, 0.2) is 11.5 Å². The second-order valence-corrected chi connectivity index (χ2v) is 7.26. The molecule has 0 aromatic heterocycles. The predicted molar refractivity (Wildman–Crippen MR) is 122 cm³/mol. The van der Waals surface area contributed by atoms with E-state index in [1.54, 1.807) is 18.2 Å². The minimum Gasteiger partial charge on any atom is -0.493 e. The van der Waals surface area contributed by atoms with E-state index in [9.17, 15) is 9.90 Å². The predicted octanol–water partition coefficient (Wildman–Crippen LogP) is 4.24. The van der Waals surface area contributed by atoms with Crippen molar-refractivity contribution in [3.63, 3.8) is 0 Å². The number of hydrogen-bond donors (Lipinski definition) is 2. The van der Waals surface area contributed by atoms with Crippen LogP contribution in [0.15, 0.2) is 78.5 Å². The number of hydrogen-bond acceptors (Lipinski definition) is 5. The molecular formula is C25H28N2O4. The molecule has 1 heterocycles. The number of carbonyl (C=O) groups excluding carboxylic acids is 1. The molecule has 2 aromatic carbocycles. The van der Waals surface area contributed by atoms with Gasteiger partial charge in [-0.05, 0) is 42.2 Å². The molecule has 1 amide bonds. The number of rotatable bonds is 9. The molecule has 0 bridgehead atoms. The second kappa shape index (κ2) is 10.5. The average Bonchev–Trinajstić information content (AvgIpc) is 2.90. The molecule has 0 aliphatic carbocycles. The Labute approximate surface area is 183 Å². The van der Waals surface area contributed by atoms with E-state index in [1.165, 1.54) is 0 Å². The highest BCUT2D eigenvalue weighted by atomic mass is 16.5. The van der Waals surface area contributed by atoms with Crippen molar-refractivity contribution >= 4 is 12.1 Å². The highest BCUT2D eigenvalue weighted by Crippen LogP contribution is 2.44. The third-order valence-corrected chi connectivity index (χ3v) is 5.25. The van der Waals surface area contributed by atoms with Gasteiger partial charge in [-0.1, -0.05) is 49.1 Å². The van der Waals surface area contributed by atoms with E-state index in [-0.39, 0.29) is 12.5 Å². The number of fused-ring (bicyclic) bond motifs is 1. The van der Waals surface area contributed by atoms with E-state index in [1.807, 2.05) is 61.5 Å². The number of anilines is 1. The summed E-state index contributed by atoms with van der Waals surface area (Å²) in [6.45, 7) is 6.06. The van der Waals surface area contributed by atoms with Crippen molar-refractivity contribution in [2.75, 3.05) is 18.7 Å². The highest BCUT2D eigenvalue weighted by Gasteiger charge is 2.28. The number of allylic oxidation sites excluding steroid dienone is 4. The summed E-state index contributed by atoms with van der Waals surface area (Å²) in [6.07, 6.45) is 6.64. The monoisotopic (exact) mass is 420 g/mol. The Hall–Kier alpha value is -3.51. The lowest BCUT2D eigenvalue weighted by atomic mass is 9.92. The molecule has 1 atom stereocenters. The van der Waals surface area contributed by atoms with Gasteiger partial charge in [0.2, 0.25) is 6.41 Å². The number of aliphatic hydroxyl groups excluding tert-OH is 1. The molecule has 31 heavy (non-hydrogen) atoms. The van der Waals surface area contributed by atoms with Crippen LogP contribution in [0.5, 0.6) is 11.5 Å². The Morgan fingerprint density at radius 2 is 2.03 bits per heavy atom. The molecule has 6 nitrogen and oxygen atoms in total. The first kappa shape index (κ1) is 22.2. The number of nitrogens with one attached hydrogen (secondary N) is 1. The number of carbonyl (C=O) groups is 1. The number of hydrazine groups is 1. The largest absolute Gasteiger partial charge is 0.493 e. The van der Waals surface area contributed by atoms with Crippen molar-refractivity contribution in [1.29, 1.82) is 0 Å². The zero-order valence-corrected chi connectivity index (χ0v) is 17.9. The fourth-order valence-corrected chi connectivity index (χ4v) is 3.73. The van der Waals surface area contributed by atoms with E-state index in [0.717, 1.165) is 28.1 Å². The van der Waals surface area contributed by atoms with Crippen LogP contribution >= 0.6 is 0 Å². The number of aliphatic hydroxyl groups is 1. The van der Waals surface area contributed by atoms with Crippen molar-refractivity contribution in [1.82, 2.24) is 5.43 Å². The normalized spacial score (nSPS) is 16.0. The molecule has 3 rings (SSSR count). The van der Waals surface area contributed by atoms with E-state index >= 15 is 0 Å². The molecule has 2 aromatic rings. The maximum absolute atomic E-state index is 11.5. The Kier molecular flexibility index (Phi) is 7.51. The van der Waals surface area contributed by atoms with Crippen molar-refractivity contribution in [2.45, 2.75) is 25.9 Å². The minimum atomic E-state index is -0.155. The molecule has 162 valence electrons. The van der Waals surface area contributed by atoms with Gasteiger partial charge in [0.25, 0.3) is 0 Å². The van der Waals surface area contributed by atoms with Gasteiger partial charge in [-0.3, -0.25) is 15.2 Å². The molecule has 6 heteroatoms. The molecule has 0 saturated heterocycles. The van der Waals surface area contributed by atoms with Crippen LogP contribution in [0.1, 0.15) is 30.4 Å². The molecule has 0 saturated carbocycles. The van der Waals surface area contributed by atoms with Crippen LogP contribution in [0.25, 0.3) is 0 Å². The van der Waals surface area contributed by atoms with Gasteiger partial charge in [-0.25, -0.2) is 0 Å². The van der Waals surface area contributed by atoms with Crippen molar-refractivity contribution in [3.8, 4) is 11.5 Å². The van der Waals surface area contributed by atoms with Crippen LogP contribution in [-0.4, -0.2) is 25.2 Å². The van der Waals surface area contributed by atoms with Crippen LogP contribution in [0.2, 0.25) is 0 Å². The summed E-state index contributed by atoms with van der Waals surface area (Å²) in [5, 5.41) is 11.8. The fraction of sp³-hybridized carbons (Fsp3) is 0.240. The van der Waals surface area contributed by atoms with E-state index < -0.39 is 0 Å². The summed E-state index contributed by atoms with van der Waals surface area (Å²) in [5.74, 6) is 0.964.